The topological polar surface area (TPSA) is 67.4 Å². The van der Waals surface area contributed by atoms with Crippen LogP contribution in [0.2, 0.25) is 0 Å². The molecule has 1 atom stereocenters. The van der Waals surface area contributed by atoms with Gasteiger partial charge in [0.25, 0.3) is 0 Å². The number of benzene rings is 1. The molecule has 1 heterocycles. The van der Waals surface area contributed by atoms with Crippen molar-refractivity contribution in [1.82, 2.24) is 0 Å². The van der Waals surface area contributed by atoms with Crippen LogP contribution in [0.25, 0.3) is 0 Å². The van der Waals surface area contributed by atoms with Gasteiger partial charge in [-0.15, -0.1) is 0 Å². The summed E-state index contributed by atoms with van der Waals surface area (Å²) in [5.41, 5.74) is 1.57. The van der Waals surface area contributed by atoms with Gasteiger partial charge in [-0.2, -0.15) is 0 Å². The zero-order valence-corrected chi connectivity index (χ0v) is 9.53. The molecule has 0 aromatic heterocycles. The van der Waals surface area contributed by atoms with Crippen molar-refractivity contribution >= 4 is 23.3 Å². The maximum Gasteiger partial charge on any atom is 0.307 e. The van der Waals surface area contributed by atoms with Crippen LogP contribution in [0.3, 0.4) is 0 Å². The Kier molecular flexibility index (Phi) is 3.27. The van der Waals surface area contributed by atoms with Crippen molar-refractivity contribution in [2.45, 2.75) is 18.9 Å². The standard InChI is InChI=1S/C12H14N2O3/c1-17-12(16)7-8-6-11(15)14-10-5-3-2-4-9(10)13-8/h2-5,8,13H,6-7H2,1H3,(H,14,15). The van der Waals surface area contributed by atoms with E-state index in [1.807, 2.05) is 24.3 Å². The summed E-state index contributed by atoms with van der Waals surface area (Å²) in [4.78, 5) is 22.8. The second-order valence-corrected chi connectivity index (χ2v) is 3.92. The van der Waals surface area contributed by atoms with Crippen LogP contribution in [-0.2, 0) is 14.3 Å². The first-order chi connectivity index (χ1) is 8.19. The minimum Gasteiger partial charge on any atom is -0.469 e. The molecule has 2 N–H and O–H groups in total. The van der Waals surface area contributed by atoms with Gasteiger partial charge < -0.3 is 15.4 Å². The number of hydrogen-bond donors (Lipinski definition) is 2. The zero-order chi connectivity index (χ0) is 12.3. The summed E-state index contributed by atoms with van der Waals surface area (Å²) in [5.74, 6) is -0.425. The number of hydrogen-bond acceptors (Lipinski definition) is 4. The third-order valence-electron chi connectivity index (χ3n) is 2.63. The van der Waals surface area contributed by atoms with E-state index in [4.69, 9.17) is 0 Å². The number of amides is 1. The molecule has 0 bridgehead atoms. The molecule has 1 aliphatic rings. The fraction of sp³-hybridized carbons (Fsp3) is 0.333. The van der Waals surface area contributed by atoms with Crippen molar-refractivity contribution in [3.63, 3.8) is 0 Å². The molecule has 0 spiro atoms. The molecule has 0 aliphatic carbocycles. The van der Waals surface area contributed by atoms with E-state index in [2.05, 4.69) is 15.4 Å². The van der Waals surface area contributed by atoms with Crippen LogP contribution in [-0.4, -0.2) is 25.0 Å². The number of rotatable bonds is 2. The first kappa shape index (κ1) is 11.4. The normalized spacial score (nSPS) is 18.4. The molecule has 17 heavy (non-hydrogen) atoms. The highest BCUT2D eigenvalue weighted by Gasteiger charge is 2.22. The van der Waals surface area contributed by atoms with Crippen LogP contribution in [0, 0.1) is 0 Å². The zero-order valence-electron chi connectivity index (χ0n) is 9.53. The predicted molar refractivity (Wildman–Crippen MR) is 63.7 cm³/mol. The highest BCUT2D eigenvalue weighted by Crippen LogP contribution is 2.26. The highest BCUT2D eigenvalue weighted by atomic mass is 16.5. The van der Waals surface area contributed by atoms with Crippen LogP contribution in [0.1, 0.15) is 12.8 Å². The fourth-order valence-electron chi connectivity index (χ4n) is 1.82. The minimum atomic E-state index is -0.324. The van der Waals surface area contributed by atoms with E-state index in [-0.39, 0.29) is 30.8 Å². The van der Waals surface area contributed by atoms with E-state index in [9.17, 15) is 9.59 Å². The molecular weight excluding hydrogens is 220 g/mol. The van der Waals surface area contributed by atoms with E-state index in [0.29, 0.717) is 0 Å². The van der Waals surface area contributed by atoms with Gasteiger partial charge in [-0.05, 0) is 12.1 Å². The number of fused-ring (bicyclic) bond motifs is 1. The summed E-state index contributed by atoms with van der Waals surface area (Å²) in [6, 6.07) is 7.18. The maximum atomic E-state index is 11.6. The quantitative estimate of drug-likeness (QED) is 0.758. The Morgan fingerprint density at radius 1 is 1.41 bits per heavy atom. The number of nitrogens with one attached hydrogen (secondary N) is 2. The summed E-state index contributed by atoms with van der Waals surface area (Å²) < 4.78 is 4.61. The van der Waals surface area contributed by atoms with Gasteiger partial charge in [-0.25, -0.2) is 0 Å². The molecule has 90 valence electrons. The average Bonchev–Trinajstić information content (AvgIpc) is 2.46. The number of methoxy groups -OCH3 is 1. The van der Waals surface area contributed by atoms with E-state index < -0.39 is 0 Å². The molecule has 0 saturated carbocycles. The van der Waals surface area contributed by atoms with Crippen molar-refractivity contribution in [3.05, 3.63) is 24.3 Å². The van der Waals surface area contributed by atoms with Gasteiger partial charge in [0.1, 0.15) is 0 Å². The van der Waals surface area contributed by atoms with Crippen LogP contribution >= 0.6 is 0 Å². The van der Waals surface area contributed by atoms with Crippen LogP contribution < -0.4 is 10.6 Å². The maximum absolute atomic E-state index is 11.6. The van der Waals surface area contributed by atoms with Crippen molar-refractivity contribution in [1.29, 1.82) is 0 Å². The number of anilines is 2. The summed E-state index contributed by atoms with van der Waals surface area (Å²) >= 11 is 0. The van der Waals surface area contributed by atoms with Gasteiger partial charge in [0.2, 0.25) is 5.91 Å². The van der Waals surface area contributed by atoms with Crippen molar-refractivity contribution in [2.75, 3.05) is 17.7 Å². The van der Waals surface area contributed by atoms with Gasteiger partial charge in [0, 0.05) is 12.5 Å². The molecule has 0 fully saturated rings. The molecule has 2 rings (SSSR count). The molecule has 5 heteroatoms. The Morgan fingerprint density at radius 2 is 2.12 bits per heavy atom. The summed E-state index contributed by atoms with van der Waals surface area (Å²) in [7, 11) is 1.34. The van der Waals surface area contributed by atoms with Crippen molar-refractivity contribution in [3.8, 4) is 0 Å². The molecular formula is C12H14N2O3. The predicted octanol–water partition coefficient (Wildman–Crippen LogP) is 1.37. The van der Waals surface area contributed by atoms with Crippen LogP contribution in [0.5, 0.6) is 0 Å². The Labute approximate surface area is 99.2 Å². The van der Waals surface area contributed by atoms with Gasteiger partial charge in [-0.3, -0.25) is 9.59 Å². The second-order valence-electron chi connectivity index (χ2n) is 3.92. The lowest BCUT2D eigenvalue weighted by Gasteiger charge is -2.15. The molecule has 0 radical (unpaired) electrons. The largest absolute Gasteiger partial charge is 0.469 e. The van der Waals surface area contributed by atoms with Gasteiger partial charge >= 0.3 is 5.97 Å². The Morgan fingerprint density at radius 3 is 2.82 bits per heavy atom. The molecule has 1 amide bonds. The van der Waals surface area contributed by atoms with E-state index in [1.54, 1.807) is 0 Å². The highest BCUT2D eigenvalue weighted by molar-refractivity contribution is 5.96. The number of esters is 1. The van der Waals surface area contributed by atoms with Gasteiger partial charge in [0.05, 0.1) is 24.9 Å². The van der Waals surface area contributed by atoms with Crippen LogP contribution in [0.15, 0.2) is 24.3 Å². The van der Waals surface area contributed by atoms with Crippen molar-refractivity contribution in [2.24, 2.45) is 0 Å². The molecule has 1 aliphatic heterocycles. The first-order valence-corrected chi connectivity index (χ1v) is 5.41. The second kappa shape index (κ2) is 4.86. The smallest absolute Gasteiger partial charge is 0.307 e. The average molecular weight is 234 g/mol. The third kappa shape index (κ3) is 2.75. The monoisotopic (exact) mass is 234 g/mol. The minimum absolute atomic E-state index is 0.101. The Balaban J connectivity index is 2.17. The Bertz CT molecular complexity index is 443. The number of para-hydroxylation sites is 2. The lowest BCUT2D eigenvalue weighted by atomic mass is 10.1. The van der Waals surface area contributed by atoms with Gasteiger partial charge in [-0.1, -0.05) is 12.1 Å². The fourth-order valence-corrected chi connectivity index (χ4v) is 1.82. The third-order valence-corrected chi connectivity index (χ3v) is 2.63. The summed E-state index contributed by atoms with van der Waals surface area (Å²) in [6.07, 6.45) is 0.433. The van der Waals surface area contributed by atoms with Crippen molar-refractivity contribution < 1.29 is 14.3 Å². The number of carbonyl (C=O) groups is 2. The molecule has 1 aromatic carbocycles. The molecule has 0 saturated heterocycles. The molecule has 1 aromatic rings. The Hall–Kier alpha value is -2.04. The molecule has 1 unspecified atom stereocenters. The SMILES string of the molecule is COC(=O)CC1CC(=O)Nc2ccccc2N1. The first-order valence-electron chi connectivity index (χ1n) is 5.41. The summed E-state index contributed by atoms with van der Waals surface area (Å²) in [6.45, 7) is 0. The van der Waals surface area contributed by atoms with Crippen LogP contribution in [0.4, 0.5) is 11.4 Å². The number of ether oxygens (including phenoxy) is 1. The van der Waals surface area contributed by atoms with E-state index in [1.165, 1.54) is 7.11 Å². The molecule has 5 nitrogen and oxygen atoms in total. The summed E-state index contributed by atoms with van der Waals surface area (Å²) in [5, 5.41) is 5.96. The lowest BCUT2D eigenvalue weighted by Crippen LogP contribution is -2.26. The lowest BCUT2D eigenvalue weighted by molar-refractivity contribution is -0.140. The van der Waals surface area contributed by atoms with E-state index in [0.717, 1.165) is 11.4 Å². The van der Waals surface area contributed by atoms with Gasteiger partial charge in [0.15, 0.2) is 0 Å². The van der Waals surface area contributed by atoms with E-state index >= 15 is 0 Å². The number of carbonyl (C=O) groups excluding carboxylic acids is 2.